The number of fused-ring (bicyclic) bond motifs is 10. The summed E-state index contributed by atoms with van der Waals surface area (Å²) in [5.41, 5.74) is 0.951. The number of pyridine rings is 1. The van der Waals surface area contributed by atoms with E-state index >= 15 is 0 Å². The Kier molecular flexibility index (Phi) is 11.5. The van der Waals surface area contributed by atoms with Crippen molar-refractivity contribution in [1.82, 2.24) is 4.98 Å². The third-order valence-corrected chi connectivity index (χ3v) is 10.6. The van der Waals surface area contributed by atoms with Gasteiger partial charge in [0, 0.05) is 44.2 Å². The fourth-order valence-electron chi connectivity index (χ4n) is 7.49. The van der Waals surface area contributed by atoms with E-state index in [0.717, 1.165) is 42.0 Å². The number of carbonyl (C=O) groups is 1. The number of carbonyl (C=O) groups excluding carboxylic acids is 1. The molecule has 3 nitrogen and oxygen atoms in total. The van der Waals surface area contributed by atoms with Gasteiger partial charge in [-0.1, -0.05) is 124 Å². The van der Waals surface area contributed by atoms with Crippen molar-refractivity contribution in [2.45, 2.75) is 53.4 Å². The summed E-state index contributed by atoms with van der Waals surface area (Å²) in [7, 11) is 0. The van der Waals surface area contributed by atoms with Crippen molar-refractivity contribution in [1.29, 1.82) is 0 Å². The number of hydrogen-bond acceptors (Lipinski definition) is 3. The van der Waals surface area contributed by atoms with Gasteiger partial charge in [-0.3, -0.25) is 4.79 Å². The van der Waals surface area contributed by atoms with Crippen LogP contribution in [0.4, 0.5) is 0 Å². The van der Waals surface area contributed by atoms with Gasteiger partial charge in [-0.05, 0) is 97.2 Å². The Morgan fingerprint density at radius 3 is 1.83 bits per heavy atom. The van der Waals surface area contributed by atoms with Crippen LogP contribution < -0.4 is 0 Å². The largest absolute Gasteiger partial charge is 0.512 e. The molecule has 0 unspecified atom stereocenters. The van der Waals surface area contributed by atoms with E-state index in [9.17, 15) is 9.90 Å². The molecule has 0 amide bonds. The molecule has 8 rings (SSSR count). The van der Waals surface area contributed by atoms with Gasteiger partial charge < -0.3 is 10.1 Å². The molecular formula is C48H44IrNO2-. The molecule has 1 radical (unpaired) electrons. The first-order valence-electron chi connectivity index (χ1n) is 18.3. The quantitative estimate of drug-likeness (QED) is 0.0752. The van der Waals surface area contributed by atoms with Gasteiger partial charge in [-0.2, -0.15) is 0 Å². The molecule has 4 heteroatoms. The summed E-state index contributed by atoms with van der Waals surface area (Å²) in [4.78, 5) is 16.6. The molecule has 1 aromatic heterocycles. The molecule has 0 atom stereocenters. The van der Waals surface area contributed by atoms with Crippen molar-refractivity contribution in [2.75, 3.05) is 0 Å². The second kappa shape index (κ2) is 16.2. The van der Waals surface area contributed by atoms with Gasteiger partial charge in [0.1, 0.15) is 0 Å². The van der Waals surface area contributed by atoms with Crippen LogP contribution >= 0.6 is 0 Å². The Labute approximate surface area is 319 Å². The number of nitrogens with zero attached hydrogens (tertiary/aromatic N) is 1. The molecule has 0 aliphatic carbocycles. The molecule has 7 aromatic carbocycles. The summed E-state index contributed by atoms with van der Waals surface area (Å²) in [6.45, 7) is 8.07. The molecule has 0 spiro atoms. The van der Waals surface area contributed by atoms with Gasteiger partial charge in [-0.25, -0.2) is 0 Å². The zero-order valence-electron chi connectivity index (χ0n) is 30.2. The minimum atomic E-state index is 0. The number of ketones is 1. The molecule has 0 aliphatic heterocycles. The Morgan fingerprint density at radius 1 is 0.596 bits per heavy atom. The van der Waals surface area contributed by atoms with Gasteiger partial charge >= 0.3 is 0 Å². The van der Waals surface area contributed by atoms with E-state index < -0.39 is 0 Å². The normalized spacial score (nSPS) is 11.8. The first kappa shape index (κ1) is 36.9. The van der Waals surface area contributed by atoms with E-state index in [0.29, 0.717) is 0 Å². The molecule has 1 heterocycles. The van der Waals surface area contributed by atoms with Crippen molar-refractivity contribution >= 4 is 81.3 Å². The monoisotopic (exact) mass is 859 g/mol. The van der Waals surface area contributed by atoms with E-state index in [1.807, 2.05) is 40.0 Å². The Hall–Kier alpha value is -4.89. The van der Waals surface area contributed by atoms with E-state index in [1.54, 1.807) is 0 Å². The van der Waals surface area contributed by atoms with E-state index in [1.165, 1.54) is 65.3 Å². The van der Waals surface area contributed by atoms with Gasteiger partial charge in [0.05, 0.1) is 5.76 Å². The van der Waals surface area contributed by atoms with Gasteiger partial charge in [-0.15, -0.1) is 29.0 Å². The fourth-order valence-corrected chi connectivity index (χ4v) is 7.49. The molecule has 0 fully saturated rings. The van der Waals surface area contributed by atoms with Crippen LogP contribution in [0.1, 0.15) is 53.4 Å². The summed E-state index contributed by atoms with van der Waals surface area (Å²) in [6.07, 6.45) is 6.91. The molecule has 8 bridgehead atoms. The van der Waals surface area contributed by atoms with Gasteiger partial charge in [0.25, 0.3) is 0 Å². The van der Waals surface area contributed by atoms with E-state index in [2.05, 4.69) is 115 Å². The molecule has 8 aromatic rings. The van der Waals surface area contributed by atoms with Crippen molar-refractivity contribution in [3.8, 4) is 0 Å². The third kappa shape index (κ3) is 7.24. The second-order valence-corrected chi connectivity index (χ2v) is 13.6. The molecule has 0 aliphatic rings. The molecular weight excluding hydrogens is 815 g/mol. The molecule has 0 saturated heterocycles. The zero-order valence-corrected chi connectivity index (χ0v) is 32.6. The topological polar surface area (TPSA) is 50.2 Å². The number of aliphatic hydroxyl groups excluding tert-OH is 1. The van der Waals surface area contributed by atoms with Gasteiger partial charge in [0.15, 0.2) is 5.78 Å². The molecule has 1 N–H and O–H groups in total. The van der Waals surface area contributed by atoms with Crippen molar-refractivity contribution in [2.24, 2.45) is 11.8 Å². The summed E-state index contributed by atoms with van der Waals surface area (Å²) < 4.78 is 0. The van der Waals surface area contributed by atoms with Crippen molar-refractivity contribution in [3.63, 3.8) is 0 Å². The standard InChI is InChI=1S/C35H20N.C13H24O2.Ir/c1-2-9-30-27-15-12-22-5-4-10-31(32(22)19-27)35-20-34-28(21-36-35)16-13-23-11-14-25(18-33(23)34)24-6-3-7-26(17-24)29(30)8-1;1-5-10(6-2)12(14)9-13(15)11(7-3)8-4;/h1-9,11-21H;9-11,14H,5-8H2,1-4H3;/q-1;;/b;12-9-;. The predicted octanol–water partition coefficient (Wildman–Crippen LogP) is 13.4. The van der Waals surface area contributed by atoms with Crippen LogP contribution in [0.2, 0.25) is 0 Å². The third-order valence-electron chi connectivity index (χ3n) is 10.6. The van der Waals surface area contributed by atoms with Crippen LogP contribution in [-0.2, 0) is 24.9 Å². The Bertz CT molecular complexity index is 2630. The smallest absolute Gasteiger partial charge is 0.162 e. The first-order valence-corrected chi connectivity index (χ1v) is 18.3. The average Bonchev–Trinajstić information content (AvgIpc) is 3.18. The average molecular weight is 859 g/mol. The minimum absolute atomic E-state index is 0. The Balaban J connectivity index is 0.000000250. The Morgan fingerprint density at radius 2 is 1.13 bits per heavy atom. The minimum Gasteiger partial charge on any atom is -0.512 e. The number of aliphatic hydroxyl groups is 1. The maximum absolute atomic E-state index is 11.7. The number of aromatic nitrogens is 1. The number of benzene rings is 6. The number of rotatable bonds is 7. The predicted molar refractivity (Wildman–Crippen MR) is 218 cm³/mol. The summed E-state index contributed by atoms with van der Waals surface area (Å²) >= 11 is 0. The van der Waals surface area contributed by atoms with Crippen LogP contribution in [0.25, 0.3) is 75.5 Å². The summed E-state index contributed by atoms with van der Waals surface area (Å²) in [5, 5.41) is 25.3. The fraction of sp³-hybridized carbons (Fsp3) is 0.208. The maximum atomic E-state index is 11.7. The van der Waals surface area contributed by atoms with Crippen molar-refractivity contribution < 1.29 is 30.0 Å². The van der Waals surface area contributed by atoms with Crippen LogP contribution in [0.3, 0.4) is 0 Å². The second-order valence-electron chi connectivity index (χ2n) is 13.6. The number of hydrogen-bond donors (Lipinski definition) is 1. The van der Waals surface area contributed by atoms with Crippen LogP contribution in [0.15, 0.2) is 133 Å². The van der Waals surface area contributed by atoms with Gasteiger partial charge in [0.2, 0.25) is 0 Å². The van der Waals surface area contributed by atoms with Crippen LogP contribution in [0.5, 0.6) is 0 Å². The molecule has 263 valence electrons. The maximum Gasteiger partial charge on any atom is 0.162 e. The van der Waals surface area contributed by atoms with Crippen LogP contribution in [0, 0.1) is 17.9 Å². The number of allylic oxidation sites excluding steroid dienone is 2. The zero-order chi connectivity index (χ0) is 35.5. The van der Waals surface area contributed by atoms with E-state index in [-0.39, 0.29) is 43.5 Å². The summed E-state index contributed by atoms with van der Waals surface area (Å²) in [6, 6.07) is 45.4. The molecule has 52 heavy (non-hydrogen) atoms. The van der Waals surface area contributed by atoms with Crippen LogP contribution in [-0.4, -0.2) is 15.9 Å². The molecule has 0 saturated carbocycles. The summed E-state index contributed by atoms with van der Waals surface area (Å²) in [5.74, 6) is 0.547. The SMILES string of the molecule is CCC(CC)C(=O)/C=C(\O)C(CC)CC.[Ir].[c-]1ccc2ccc3cc2c1c1cc2c(ccc4ccc(cc42)c2cccc(c2)c2ccccc32)cn1. The first-order chi connectivity index (χ1) is 24.9. The van der Waals surface area contributed by atoms with E-state index in [4.69, 9.17) is 4.98 Å². The van der Waals surface area contributed by atoms with Crippen molar-refractivity contribution in [3.05, 3.63) is 139 Å².